The molecule has 0 saturated carbocycles. The molecule has 0 spiro atoms. The maximum atomic E-state index is 13.9. The zero-order chi connectivity index (χ0) is 56.0. The van der Waals surface area contributed by atoms with Crippen molar-refractivity contribution in [2.75, 3.05) is 19.8 Å². The monoisotopic (exact) mass is 1070 g/mol. The largest absolute Gasteiger partial charge is 0.479 e. The van der Waals surface area contributed by atoms with E-state index in [0.29, 0.717) is 12.8 Å². The highest BCUT2D eigenvalue weighted by molar-refractivity contribution is 5.92. The van der Waals surface area contributed by atoms with Gasteiger partial charge in [-0.25, -0.2) is 4.79 Å². The molecule has 20 nitrogen and oxygen atoms in total. The number of amides is 3. The summed E-state index contributed by atoms with van der Waals surface area (Å²) in [5.41, 5.74) is 12.0. The number of esters is 3. The van der Waals surface area contributed by atoms with E-state index in [1.807, 2.05) is 0 Å². The summed E-state index contributed by atoms with van der Waals surface area (Å²) < 4.78 is 27.7. The summed E-state index contributed by atoms with van der Waals surface area (Å²) in [4.78, 5) is 90.8. The Kier molecular flexibility index (Phi) is 38.8. The molecule has 1 unspecified atom stereocenters. The van der Waals surface area contributed by atoms with Crippen molar-refractivity contribution in [1.82, 2.24) is 10.2 Å². The van der Waals surface area contributed by atoms with E-state index >= 15 is 0 Å². The molecule has 75 heavy (non-hydrogen) atoms. The summed E-state index contributed by atoms with van der Waals surface area (Å²) in [5, 5.41) is 43.4. The first-order chi connectivity index (χ1) is 35.9. The second-order valence-electron chi connectivity index (χ2n) is 20.5. The maximum Gasteiger partial charge on any atom is 0.332 e. The SMILES string of the molecule is CCCCCCCCCCCCCCCC(=O)OC[C@H](COC(=O)CC[C@@H](NC(=O)[C@H]([C@H](C)O)N(C(C)=O)C1O[C@H](CO)[C@@H](O)[C@H](O[C@H](C)C(=O)O)[C@H]1N)C(N)=O)OC(=O)CCCCCCCCCCCCCCC. The highest BCUT2D eigenvalue weighted by Crippen LogP contribution is 2.28. The Labute approximate surface area is 447 Å². The van der Waals surface area contributed by atoms with Crippen LogP contribution in [0.25, 0.3) is 0 Å². The van der Waals surface area contributed by atoms with Gasteiger partial charge in [0.15, 0.2) is 18.4 Å². The van der Waals surface area contributed by atoms with E-state index in [2.05, 4.69) is 19.2 Å². The number of ether oxygens (including phenoxy) is 5. The molecule has 9 N–H and O–H groups in total. The fourth-order valence-corrected chi connectivity index (χ4v) is 9.19. The summed E-state index contributed by atoms with van der Waals surface area (Å²) >= 11 is 0. The van der Waals surface area contributed by atoms with Crippen LogP contribution in [0.5, 0.6) is 0 Å². The first-order valence-electron chi connectivity index (χ1n) is 28.5. The predicted octanol–water partition coefficient (Wildman–Crippen LogP) is 6.56. The van der Waals surface area contributed by atoms with Crippen molar-refractivity contribution in [1.29, 1.82) is 0 Å². The van der Waals surface area contributed by atoms with Gasteiger partial charge in [-0.15, -0.1) is 0 Å². The molecule has 20 heteroatoms. The van der Waals surface area contributed by atoms with Gasteiger partial charge in [0, 0.05) is 26.2 Å². The Bertz CT molecular complexity index is 1610. The van der Waals surface area contributed by atoms with Crippen molar-refractivity contribution < 1.29 is 77.7 Å². The Hall–Kier alpha value is -3.95. The molecule has 0 radical (unpaired) electrons. The van der Waals surface area contributed by atoms with Crippen LogP contribution in [0.15, 0.2) is 0 Å². The van der Waals surface area contributed by atoms with E-state index in [4.69, 9.17) is 35.2 Å². The van der Waals surface area contributed by atoms with E-state index < -0.39 is 129 Å². The van der Waals surface area contributed by atoms with Gasteiger partial charge in [0.1, 0.15) is 43.6 Å². The number of aliphatic hydroxyl groups excluding tert-OH is 3. The van der Waals surface area contributed by atoms with E-state index in [-0.39, 0.29) is 19.4 Å². The van der Waals surface area contributed by atoms with Crippen LogP contribution in [0.3, 0.4) is 0 Å². The molecule has 1 rings (SSSR count). The highest BCUT2D eigenvalue weighted by Gasteiger charge is 2.51. The minimum Gasteiger partial charge on any atom is -0.479 e. The van der Waals surface area contributed by atoms with Crippen LogP contribution < -0.4 is 16.8 Å². The minimum atomic E-state index is -1.85. The fraction of sp³-hybridized carbons (Fsp3) is 0.873. The van der Waals surface area contributed by atoms with Gasteiger partial charge in [0.25, 0.3) is 0 Å². The number of unbranched alkanes of at least 4 members (excludes halogenated alkanes) is 24. The van der Waals surface area contributed by atoms with Crippen LogP contribution in [0, 0.1) is 0 Å². The number of carbonyl (C=O) groups is 7. The molecule has 1 saturated heterocycles. The van der Waals surface area contributed by atoms with E-state index in [1.54, 1.807) is 0 Å². The molecule has 436 valence electrons. The van der Waals surface area contributed by atoms with Crippen molar-refractivity contribution in [3.05, 3.63) is 0 Å². The molecular formula is C55H100N4O16. The molecule has 1 heterocycles. The van der Waals surface area contributed by atoms with Crippen LogP contribution >= 0.6 is 0 Å². The lowest BCUT2D eigenvalue weighted by atomic mass is 9.94. The van der Waals surface area contributed by atoms with E-state index in [0.717, 1.165) is 63.7 Å². The number of aliphatic carboxylic acids is 1. The van der Waals surface area contributed by atoms with Gasteiger partial charge in [-0.3, -0.25) is 28.8 Å². The number of carbonyl (C=O) groups excluding carboxylic acids is 6. The number of nitrogens with zero attached hydrogens (tertiary/aromatic N) is 1. The van der Waals surface area contributed by atoms with Gasteiger partial charge in [0.2, 0.25) is 17.7 Å². The van der Waals surface area contributed by atoms with Crippen molar-refractivity contribution in [2.45, 2.75) is 288 Å². The van der Waals surface area contributed by atoms with Crippen LogP contribution in [-0.2, 0) is 57.2 Å². The molecule has 0 aromatic carbocycles. The second-order valence-corrected chi connectivity index (χ2v) is 20.5. The van der Waals surface area contributed by atoms with Crippen LogP contribution in [-0.4, -0.2) is 148 Å². The third-order valence-corrected chi connectivity index (χ3v) is 13.7. The molecule has 1 aliphatic rings. The Morgan fingerprint density at radius 2 is 1.07 bits per heavy atom. The number of rotatable bonds is 46. The topological polar surface area (TPSA) is 314 Å². The van der Waals surface area contributed by atoms with Crippen molar-refractivity contribution in [3.8, 4) is 0 Å². The molecule has 0 bridgehead atoms. The number of nitrogens with one attached hydrogen (secondary N) is 1. The second kappa shape index (κ2) is 42.1. The molecule has 0 aromatic heterocycles. The van der Waals surface area contributed by atoms with E-state index in [1.165, 1.54) is 116 Å². The van der Waals surface area contributed by atoms with Gasteiger partial charge >= 0.3 is 23.9 Å². The van der Waals surface area contributed by atoms with Gasteiger partial charge < -0.3 is 65.8 Å². The lowest BCUT2D eigenvalue weighted by Gasteiger charge is -2.48. The Balaban J connectivity index is 2.89. The Morgan fingerprint density at radius 3 is 1.45 bits per heavy atom. The lowest BCUT2D eigenvalue weighted by Crippen LogP contribution is -2.71. The number of hydrogen-bond acceptors (Lipinski definition) is 16. The third-order valence-electron chi connectivity index (χ3n) is 13.7. The van der Waals surface area contributed by atoms with Crippen LogP contribution in [0.1, 0.15) is 227 Å². The lowest BCUT2D eigenvalue weighted by molar-refractivity contribution is -0.248. The molecule has 0 aliphatic carbocycles. The minimum absolute atomic E-state index is 0.130. The number of hydrogen-bond donors (Lipinski definition) is 7. The first-order valence-corrected chi connectivity index (χ1v) is 28.5. The standard InChI is InChI=1S/C55H100N4O16/c1-6-8-10-12-14-16-18-20-22-24-26-28-30-32-45(63)71-37-42(74-47(65)33-31-29-27-25-23-21-19-17-15-13-11-9-7-2)38-72-46(64)35-34-43(52(57)67)58-53(68)49(39(3)61)59(41(5)62)54-48(56)51(73-40(4)55(69)70)50(66)44(36-60)75-54/h39-40,42-44,48-51,54,60-61,66H,6-38,56H2,1-5H3,(H2,57,67)(H,58,68)(H,69,70)/t39-,40+,42+,43+,44+,48+,49-,50+,51+,54?/m0/s1. The van der Waals surface area contributed by atoms with Gasteiger partial charge in [-0.1, -0.05) is 168 Å². The molecular weight excluding hydrogens is 973 g/mol. The van der Waals surface area contributed by atoms with Gasteiger partial charge in [-0.2, -0.15) is 0 Å². The fourth-order valence-electron chi connectivity index (χ4n) is 9.19. The smallest absolute Gasteiger partial charge is 0.332 e. The molecule has 1 fully saturated rings. The average molecular weight is 1070 g/mol. The van der Waals surface area contributed by atoms with Crippen LogP contribution in [0.2, 0.25) is 0 Å². The molecule has 3 amide bonds. The predicted molar refractivity (Wildman–Crippen MR) is 282 cm³/mol. The molecule has 10 atom stereocenters. The Morgan fingerprint density at radius 1 is 0.653 bits per heavy atom. The number of carboxylic acids is 1. The van der Waals surface area contributed by atoms with Crippen molar-refractivity contribution in [3.63, 3.8) is 0 Å². The zero-order valence-corrected chi connectivity index (χ0v) is 46.4. The van der Waals surface area contributed by atoms with Crippen molar-refractivity contribution in [2.24, 2.45) is 11.5 Å². The quantitative estimate of drug-likeness (QED) is 0.0193. The summed E-state index contributed by atoms with van der Waals surface area (Å²) in [6.07, 6.45) is 18.7. The number of primary amides is 1. The summed E-state index contributed by atoms with van der Waals surface area (Å²) in [6.45, 7) is 6.13. The number of carboxylic acid groups (broad SMARTS) is 1. The first kappa shape index (κ1) is 69.1. The maximum absolute atomic E-state index is 13.9. The van der Waals surface area contributed by atoms with E-state index in [9.17, 15) is 54.0 Å². The van der Waals surface area contributed by atoms with Gasteiger partial charge in [0.05, 0.1) is 18.8 Å². The summed E-state index contributed by atoms with van der Waals surface area (Å²) in [6, 6.07) is -4.93. The van der Waals surface area contributed by atoms with Gasteiger partial charge in [-0.05, 0) is 33.1 Å². The zero-order valence-electron chi connectivity index (χ0n) is 46.4. The summed E-state index contributed by atoms with van der Waals surface area (Å²) in [7, 11) is 0. The normalized spacial score (nSPS) is 19.5. The number of aliphatic hydroxyl groups is 3. The van der Waals surface area contributed by atoms with Crippen LogP contribution in [0.4, 0.5) is 0 Å². The summed E-state index contributed by atoms with van der Waals surface area (Å²) in [5.74, 6) is -6.39. The molecule has 0 aromatic rings. The third kappa shape index (κ3) is 30.5. The average Bonchev–Trinajstić information content (AvgIpc) is 3.36. The van der Waals surface area contributed by atoms with Crippen molar-refractivity contribution >= 4 is 41.6 Å². The number of nitrogens with two attached hydrogens (primary N) is 2. The molecule has 1 aliphatic heterocycles. The highest BCUT2D eigenvalue weighted by atomic mass is 16.6.